The highest BCUT2D eigenvalue weighted by Gasteiger charge is 2.31. The van der Waals surface area contributed by atoms with E-state index in [1.54, 1.807) is 11.3 Å². The van der Waals surface area contributed by atoms with Crippen LogP contribution in [0.2, 0.25) is 0 Å². The molecule has 1 saturated heterocycles. The minimum atomic E-state index is 0.259. The highest BCUT2D eigenvalue weighted by atomic mass is 32.1. The van der Waals surface area contributed by atoms with Gasteiger partial charge < -0.3 is 4.90 Å². The minimum absolute atomic E-state index is 0.259. The molecule has 1 aromatic carbocycles. The van der Waals surface area contributed by atoms with Gasteiger partial charge >= 0.3 is 0 Å². The first kappa shape index (κ1) is 19.3. The third-order valence-corrected chi connectivity index (χ3v) is 6.41. The van der Waals surface area contributed by atoms with Gasteiger partial charge in [-0.1, -0.05) is 37.3 Å². The van der Waals surface area contributed by atoms with Crippen LogP contribution in [-0.2, 0) is 0 Å². The second kappa shape index (κ2) is 8.13. The first-order valence-electron chi connectivity index (χ1n) is 10.1. The van der Waals surface area contributed by atoms with E-state index >= 15 is 0 Å². The molecule has 0 aliphatic carbocycles. The lowest BCUT2D eigenvalue weighted by molar-refractivity contribution is 0.151. The van der Waals surface area contributed by atoms with Gasteiger partial charge in [-0.3, -0.25) is 4.90 Å². The molecule has 2 aromatic heterocycles. The Balaban J connectivity index is 1.50. The number of anilines is 1. The van der Waals surface area contributed by atoms with Crippen molar-refractivity contribution in [3.05, 3.63) is 30.1 Å². The molecule has 7 nitrogen and oxygen atoms in total. The molecule has 1 fully saturated rings. The Morgan fingerprint density at radius 3 is 2.46 bits per heavy atom. The number of benzene rings is 1. The van der Waals surface area contributed by atoms with Gasteiger partial charge in [0.1, 0.15) is 0 Å². The van der Waals surface area contributed by atoms with Crippen molar-refractivity contribution >= 4 is 26.7 Å². The van der Waals surface area contributed by atoms with Crippen molar-refractivity contribution in [2.24, 2.45) is 5.92 Å². The van der Waals surface area contributed by atoms with Crippen molar-refractivity contribution in [1.29, 1.82) is 0 Å². The van der Waals surface area contributed by atoms with E-state index in [2.05, 4.69) is 77.3 Å². The van der Waals surface area contributed by atoms with Crippen LogP contribution in [0.25, 0.3) is 10.2 Å². The summed E-state index contributed by atoms with van der Waals surface area (Å²) in [5.41, 5.74) is 1.10. The molecule has 3 heterocycles. The van der Waals surface area contributed by atoms with Crippen LogP contribution in [0.5, 0.6) is 0 Å². The Morgan fingerprint density at radius 2 is 1.79 bits per heavy atom. The van der Waals surface area contributed by atoms with Gasteiger partial charge in [0.05, 0.1) is 22.3 Å². The van der Waals surface area contributed by atoms with Gasteiger partial charge in [-0.15, -0.1) is 5.10 Å². The Hall–Kier alpha value is -2.06. The molecule has 1 atom stereocenters. The third kappa shape index (κ3) is 3.89. The fourth-order valence-electron chi connectivity index (χ4n) is 3.87. The lowest BCUT2D eigenvalue weighted by Gasteiger charge is -2.39. The molecule has 0 amide bonds. The quantitative estimate of drug-likeness (QED) is 0.629. The molecule has 0 spiro atoms. The number of hydrogen-bond donors (Lipinski definition) is 0. The number of piperazine rings is 1. The van der Waals surface area contributed by atoms with E-state index in [-0.39, 0.29) is 12.1 Å². The van der Waals surface area contributed by atoms with Crippen molar-refractivity contribution in [2.75, 3.05) is 31.1 Å². The summed E-state index contributed by atoms with van der Waals surface area (Å²) in [5.74, 6) is 1.58. The Kier molecular flexibility index (Phi) is 5.59. The molecule has 150 valence electrons. The zero-order valence-corrected chi connectivity index (χ0v) is 17.9. The number of nitrogens with zero attached hydrogens (tertiary/aromatic N) is 7. The molecule has 28 heavy (non-hydrogen) atoms. The molecule has 8 heteroatoms. The van der Waals surface area contributed by atoms with Crippen molar-refractivity contribution in [3.63, 3.8) is 0 Å². The normalized spacial score (nSPS) is 17.1. The predicted octanol–water partition coefficient (Wildman–Crippen LogP) is 3.77. The summed E-state index contributed by atoms with van der Waals surface area (Å²) in [6, 6.07) is 8.91. The summed E-state index contributed by atoms with van der Waals surface area (Å²) in [4.78, 5) is 9.80. The SMILES string of the molecule is CC(C)CC(c1nnnn1C(C)C)N1CCN(c2nc3ccccc3s2)CC1. The molecule has 1 aliphatic rings. The Bertz CT molecular complexity index is 875. The van der Waals surface area contributed by atoms with Crippen molar-refractivity contribution in [3.8, 4) is 0 Å². The fraction of sp³-hybridized carbons (Fsp3) is 0.600. The highest BCUT2D eigenvalue weighted by molar-refractivity contribution is 7.22. The minimum Gasteiger partial charge on any atom is -0.345 e. The summed E-state index contributed by atoms with van der Waals surface area (Å²) in [7, 11) is 0. The second-order valence-electron chi connectivity index (χ2n) is 8.21. The Morgan fingerprint density at radius 1 is 1.04 bits per heavy atom. The number of fused-ring (bicyclic) bond motifs is 1. The van der Waals surface area contributed by atoms with Gasteiger partial charge in [-0.25, -0.2) is 9.67 Å². The van der Waals surface area contributed by atoms with Crippen LogP contribution in [0, 0.1) is 5.92 Å². The summed E-state index contributed by atoms with van der Waals surface area (Å²) in [6.07, 6.45) is 1.06. The monoisotopic (exact) mass is 399 g/mol. The average molecular weight is 400 g/mol. The Labute approximate surface area is 170 Å². The van der Waals surface area contributed by atoms with E-state index in [4.69, 9.17) is 4.98 Å². The average Bonchev–Trinajstić information content (AvgIpc) is 3.33. The summed E-state index contributed by atoms with van der Waals surface area (Å²) < 4.78 is 3.24. The van der Waals surface area contributed by atoms with Crippen LogP contribution in [0.1, 0.15) is 52.0 Å². The molecule has 0 N–H and O–H groups in total. The maximum Gasteiger partial charge on any atom is 0.186 e. The predicted molar refractivity (Wildman–Crippen MR) is 114 cm³/mol. The zero-order valence-electron chi connectivity index (χ0n) is 17.1. The van der Waals surface area contributed by atoms with Crippen LogP contribution in [0.4, 0.5) is 5.13 Å². The zero-order chi connectivity index (χ0) is 19.7. The smallest absolute Gasteiger partial charge is 0.186 e. The van der Waals surface area contributed by atoms with Gasteiger partial charge in [0.25, 0.3) is 0 Å². The van der Waals surface area contributed by atoms with Crippen molar-refractivity contribution in [2.45, 2.75) is 46.2 Å². The van der Waals surface area contributed by atoms with E-state index in [1.807, 2.05) is 4.68 Å². The summed E-state index contributed by atoms with van der Waals surface area (Å²) in [5, 5.41) is 13.7. The van der Waals surface area contributed by atoms with Crippen LogP contribution < -0.4 is 4.90 Å². The molecule has 0 saturated carbocycles. The topological polar surface area (TPSA) is 63.0 Å². The summed E-state index contributed by atoms with van der Waals surface area (Å²) in [6.45, 7) is 12.8. The first-order chi connectivity index (χ1) is 13.5. The molecule has 1 aliphatic heterocycles. The number of thiazole rings is 1. The molecule has 1 unspecified atom stereocenters. The first-order valence-corrected chi connectivity index (χ1v) is 11.0. The molecule has 3 aromatic rings. The number of para-hydroxylation sites is 1. The van der Waals surface area contributed by atoms with Gasteiger partial charge in [0.15, 0.2) is 11.0 Å². The molecule has 0 radical (unpaired) electrons. The standard InChI is InChI=1S/C20H29N7S/c1-14(2)13-17(19-22-23-24-27(19)15(3)4)25-9-11-26(12-10-25)20-21-16-7-5-6-8-18(16)28-20/h5-8,14-15,17H,9-13H2,1-4H3. The van der Waals surface area contributed by atoms with Gasteiger partial charge in [0.2, 0.25) is 0 Å². The van der Waals surface area contributed by atoms with Crippen LogP contribution in [0.3, 0.4) is 0 Å². The van der Waals surface area contributed by atoms with Gasteiger partial charge in [0, 0.05) is 26.2 Å². The third-order valence-electron chi connectivity index (χ3n) is 5.31. The fourth-order valence-corrected chi connectivity index (χ4v) is 4.89. The van der Waals surface area contributed by atoms with Gasteiger partial charge in [-0.2, -0.15) is 0 Å². The number of rotatable bonds is 6. The molecular weight excluding hydrogens is 370 g/mol. The van der Waals surface area contributed by atoms with Crippen LogP contribution >= 0.6 is 11.3 Å². The lowest BCUT2D eigenvalue weighted by atomic mass is 10.0. The molecule has 0 bridgehead atoms. The van der Waals surface area contributed by atoms with Gasteiger partial charge in [-0.05, 0) is 48.7 Å². The maximum absolute atomic E-state index is 4.83. The van der Waals surface area contributed by atoms with E-state index in [9.17, 15) is 0 Å². The lowest BCUT2D eigenvalue weighted by Crippen LogP contribution is -2.48. The number of tetrazole rings is 1. The second-order valence-corrected chi connectivity index (χ2v) is 9.22. The van der Waals surface area contributed by atoms with E-state index < -0.39 is 0 Å². The number of hydrogen-bond acceptors (Lipinski definition) is 7. The van der Waals surface area contributed by atoms with Crippen LogP contribution in [-0.4, -0.2) is 56.3 Å². The molecular formula is C20H29N7S. The van der Waals surface area contributed by atoms with E-state index in [1.165, 1.54) is 4.70 Å². The largest absolute Gasteiger partial charge is 0.345 e. The maximum atomic E-state index is 4.83. The highest BCUT2D eigenvalue weighted by Crippen LogP contribution is 2.32. The van der Waals surface area contributed by atoms with Crippen LogP contribution in [0.15, 0.2) is 24.3 Å². The van der Waals surface area contributed by atoms with E-state index in [0.717, 1.165) is 49.1 Å². The van der Waals surface area contributed by atoms with Crippen molar-refractivity contribution in [1.82, 2.24) is 30.1 Å². The van der Waals surface area contributed by atoms with Crippen molar-refractivity contribution < 1.29 is 0 Å². The molecule has 4 rings (SSSR count). The number of aromatic nitrogens is 5. The summed E-state index contributed by atoms with van der Waals surface area (Å²) >= 11 is 1.79. The van der Waals surface area contributed by atoms with E-state index in [0.29, 0.717) is 5.92 Å².